The minimum atomic E-state index is -0.281. The number of morpholine rings is 1. The summed E-state index contributed by atoms with van der Waals surface area (Å²) in [5.74, 6) is 0. The van der Waals surface area contributed by atoms with Crippen molar-refractivity contribution in [2.45, 2.75) is 11.6 Å². The topological polar surface area (TPSA) is 87.1 Å². The third kappa shape index (κ3) is 5.44. The average Bonchev–Trinajstić information content (AvgIpc) is 2.41. The second-order valence-electron chi connectivity index (χ2n) is 3.79. The van der Waals surface area contributed by atoms with E-state index in [-0.39, 0.29) is 17.2 Å². The van der Waals surface area contributed by atoms with Crippen molar-refractivity contribution in [3.8, 4) is 6.07 Å². The number of pyridine rings is 1. The molecule has 0 bridgehead atoms. The molecular formula is C12H17N3O3S. The van der Waals surface area contributed by atoms with Crippen molar-refractivity contribution in [1.82, 2.24) is 10.3 Å². The lowest BCUT2D eigenvalue weighted by molar-refractivity contribution is 0.109. The maximum atomic E-state index is 11.0. The number of hydrogen-bond acceptors (Lipinski definition) is 6. The molecule has 1 aromatic heterocycles. The Labute approximate surface area is 117 Å². The van der Waals surface area contributed by atoms with Gasteiger partial charge in [0, 0.05) is 31.8 Å². The number of H-pyrrole nitrogens is 1. The molecule has 1 fully saturated rings. The average molecular weight is 283 g/mol. The molecule has 0 saturated carbocycles. The Bertz CT molecular complexity index is 480. The Kier molecular flexibility index (Phi) is 7.22. The third-order valence-electron chi connectivity index (χ3n) is 2.36. The lowest BCUT2D eigenvalue weighted by Crippen LogP contribution is -2.30. The van der Waals surface area contributed by atoms with Crippen molar-refractivity contribution in [2.75, 3.05) is 33.4 Å². The maximum absolute atomic E-state index is 11.0. The van der Waals surface area contributed by atoms with E-state index in [0.29, 0.717) is 11.1 Å². The Morgan fingerprint density at radius 2 is 2.21 bits per heavy atom. The molecular weight excluding hydrogens is 266 g/mol. The number of aromatic nitrogens is 1. The van der Waals surface area contributed by atoms with Crippen LogP contribution in [0.1, 0.15) is 11.1 Å². The first kappa shape index (κ1) is 15.7. The normalized spacial score (nSPS) is 14.2. The molecule has 2 N–H and O–H groups in total. The van der Waals surface area contributed by atoms with E-state index in [1.807, 2.05) is 6.07 Å². The number of rotatable bonds is 2. The van der Waals surface area contributed by atoms with Crippen LogP contribution in [0.3, 0.4) is 0 Å². The molecule has 0 amide bonds. The Morgan fingerprint density at radius 1 is 1.53 bits per heavy atom. The van der Waals surface area contributed by atoms with E-state index in [1.165, 1.54) is 13.2 Å². The first-order valence-corrected chi connectivity index (χ1v) is 6.26. The zero-order valence-electron chi connectivity index (χ0n) is 10.7. The number of thiol groups is 1. The molecule has 1 saturated heterocycles. The van der Waals surface area contributed by atoms with E-state index in [9.17, 15) is 4.79 Å². The summed E-state index contributed by atoms with van der Waals surface area (Å²) >= 11 is 3.98. The highest BCUT2D eigenvalue weighted by Gasteiger charge is 2.06. The van der Waals surface area contributed by atoms with Crippen molar-refractivity contribution in [3.05, 3.63) is 27.5 Å². The van der Waals surface area contributed by atoms with Gasteiger partial charge in [-0.05, 0) is 0 Å². The highest BCUT2D eigenvalue weighted by molar-refractivity contribution is 7.80. The third-order valence-corrected chi connectivity index (χ3v) is 2.70. The van der Waals surface area contributed by atoms with Gasteiger partial charge < -0.3 is 19.8 Å². The van der Waals surface area contributed by atoms with Gasteiger partial charge in [-0.15, -0.1) is 12.6 Å². The van der Waals surface area contributed by atoms with Gasteiger partial charge in [0.1, 0.15) is 6.07 Å². The summed E-state index contributed by atoms with van der Waals surface area (Å²) in [4.78, 5) is 13.4. The summed E-state index contributed by atoms with van der Waals surface area (Å²) in [6.07, 6.45) is 0. The lowest BCUT2D eigenvalue weighted by Gasteiger charge is -2.10. The molecule has 6 nitrogen and oxygen atoms in total. The van der Waals surface area contributed by atoms with Gasteiger partial charge in [0.15, 0.2) is 0 Å². The van der Waals surface area contributed by atoms with E-state index in [4.69, 9.17) is 14.7 Å². The molecule has 19 heavy (non-hydrogen) atoms. The fourth-order valence-electron chi connectivity index (χ4n) is 1.51. The van der Waals surface area contributed by atoms with Crippen LogP contribution in [0.5, 0.6) is 0 Å². The Hall–Kier alpha value is -1.33. The first-order valence-electron chi connectivity index (χ1n) is 5.81. The molecule has 104 valence electrons. The van der Waals surface area contributed by atoms with Crippen LogP contribution < -0.4 is 10.9 Å². The van der Waals surface area contributed by atoms with E-state index >= 15 is 0 Å². The van der Waals surface area contributed by atoms with Crippen LogP contribution in [-0.4, -0.2) is 38.4 Å². The molecule has 0 spiro atoms. The monoisotopic (exact) mass is 283 g/mol. The van der Waals surface area contributed by atoms with E-state index in [1.54, 1.807) is 0 Å². The highest BCUT2D eigenvalue weighted by atomic mass is 32.1. The number of nitriles is 1. The van der Waals surface area contributed by atoms with Crippen molar-refractivity contribution in [1.29, 1.82) is 5.26 Å². The highest BCUT2D eigenvalue weighted by Crippen LogP contribution is 2.12. The molecule has 0 radical (unpaired) electrons. The fourth-order valence-corrected chi connectivity index (χ4v) is 1.81. The summed E-state index contributed by atoms with van der Waals surface area (Å²) in [6, 6.07) is 3.28. The number of methoxy groups -OCH3 is 1. The van der Waals surface area contributed by atoms with Crippen molar-refractivity contribution >= 4 is 12.6 Å². The fraction of sp³-hybridized carbons (Fsp3) is 0.500. The maximum Gasteiger partial charge on any atom is 0.249 e. The molecule has 0 atom stereocenters. The van der Waals surface area contributed by atoms with Gasteiger partial charge in [-0.1, -0.05) is 0 Å². The molecule has 7 heteroatoms. The van der Waals surface area contributed by atoms with Gasteiger partial charge in [-0.25, -0.2) is 0 Å². The second kappa shape index (κ2) is 8.72. The molecule has 0 unspecified atom stereocenters. The van der Waals surface area contributed by atoms with Crippen molar-refractivity contribution in [2.24, 2.45) is 0 Å². The molecule has 1 aliphatic heterocycles. The van der Waals surface area contributed by atoms with E-state index in [0.717, 1.165) is 26.3 Å². The molecule has 2 heterocycles. The van der Waals surface area contributed by atoms with Gasteiger partial charge in [-0.3, -0.25) is 4.79 Å². The zero-order chi connectivity index (χ0) is 14.1. The predicted molar refractivity (Wildman–Crippen MR) is 73.4 cm³/mol. The standard InChI is InChI=1S/C8H8N2O2S.C4H9NO/c1-12-4-5-2-7(11)10-8(13)6(5)3-9;1-3-6-4-2-5-1/h2H,4H2,1H3,(H2,10,11,13);5H,1-4H2. The molecule has 1 aliphatic rings. The number of hydrogen-bond donors (Lipinski definition) is 3. The van der Waals surface area contributed by atoms with Gasteiger partial charge in [0.25, 0.3) is 0 Å². The minimum absolute atomic E-state index is 0.236. The van der Waals surface area contributed by atoms with Crippen LogP contribution in [0.2, 0.25) is 0 Å². The van der Waals surface area contributed by atoms with Gasteiger partial charge >= 0.3 is 0 Å². The summed E-state index contributed by atoms with van der Waals surface area (Å²) < 4.78 is 9.85. The Morgan fingerprint density at radius 3 is 2.63 bits per heavy atom. The number of nitrogens with one attached hydrogen (secondary N) is 2. The van der Waals surface area contributed by atoms with Crippen LogP contribution >= 0.6 is 12.6 Å². The van der Waals surface area contributed by atoms with Gasteiger partial charge in [0.2, 0.25) is 5.56 Å². The zero-order valence-corrected chi connectivity index (χ0v) is 11.6. The summed E-state index contributed by atoms with van der Waals surface area (Å²) in [6.45, 7) is 4.07. The first-order chi connectivity index (χ1) is 9.19. The van der Waals surface area contributed by atoms with Crippen LogP contribution in [0.15, 0.2) is 15.9 Å². The molecule has 2 rings (SSSR count). The van der Waals surface area contributed by atoms with Crippen LogP contribution in [0.4, 0.5) is 0 Å². The summed E-state index contributed by atoms with van der Waals surface area (Å²) in [7, 11) is 1.50. The second-order valence-corrected chi connectivity index (χ2v) is 4.24. The van der Waals surface area contributed by atoms with Gasteiger partial charge in [-0.2, -0.15) is 5.26 Å². The predicted octanol–water partition coefficient (Wildman–Crippen LogP) is 0.288. The molecule has 1 aromatic rings. The lowest BCUT2D eigenvalue weighted by atomic mass is 10.2. The molecule has 0 aromatic carbocycles. The van der Waals surface area contributed by atoms with Gasteiger partial charge in [0.05, 0.1) is 30.4 Å². The van der Waals surface area contributed by atoms with Crippen LogP contribution in [0.25, 0.3) is 0 Å². The largest absolute Gasteiger partial charge is 0.380 e. The number of nitrogens with zero attached hydrogens (tertiary/aromatic N) is 1. The molecule has 0 aliphatic carbocycles. The minimum Gasteiger partial charge on any atom is -0.380 e. The van der Waals surface area contributed by atoms with Crippen molar-refractivity contribution in [3.63, 3.8) is 0 Å². The summed E-state index contributed by atoms with van der Waals surface area (Å²) in [5.41, 5.74) is 0.625. The Balaban J connectivity index is 0.000000250. The van der Waals surface area contributed by atoms with Crippen LogP contribution in [-0.2, 0) is 16.1 Å². The van der Waals surface area contributed by atoms with Crippen molar-refractivity contribution < 1.29 is 9.47 Å². The quantitative estimate of drug-likeness (QED) is 0.679. The van der Waals surface area contributed by atoms with E-state index in [2.05, 4.69) is 22.9 Å². The van der Waals surface area contributed by atoms with Crippen LogP contribution in [0, 0.1) is 11.3 Å². The number of ether oxygens (including phenoxy) is 2. The smallest absolute Gasteiger partial charge is 0.249 e. The summed E-state index contributed by atoms with van der Waals surface area (Å²) in [5, 5.41) is 12.2. The number of aromatic amines is 1. The van der Waals surface area contributed by atoms with E-state index < -0.39 is 0 Å². The SMILES string of the molecule is C1COCCN1.COCc1cc(=O)[nH]c(S)c1C#N.